The Hall–Kier alpha value is -0.660. The minimum absolute atomic E-state index is 0.0564. The summed E-state index contributed by atoms with van der Waals surface area (Å²) in [5.74, 6) is 0.874. The third kappa shape index (κ3) is 3.79. The van der Waals surface area contributed by atoms with Crippen molar-refractivity contribution in [2.75, 3.05) is 0 Å². The number of hydrogen-bond acceptors (Lipinski definition) is 5. The molecule has 0 saturated heterocycles. The van der Waals surface area contributed by atoms with Crippen LogP contribution in [0.2, 0.25) is 0 Å². The van der Waals surface area contributed by atoms with Gasteiger partial charge in [-0.05, 0) is 81.5 Å². The summed E-state index contributed by atoms with van der Waals surface area (Å²) in [6.45, 7) is 2.08. The summed E-state index contributed by atoms with van der Waals surface area (Å²) < 4.78 is 38.8. The van der Waals surface area contributed by atoms with Crippen molar-refractivity contribution in [1.29, 1.82) is 0 Å². The van der Waals surface area contributed by atoms with Gasteiger partial charge in [-0.1, -0.05) is 13.3 Å². The molecular formula is C20H33NO5S. The second-order valence-corrected chi connectivity index (χ2v) is 11.5. The second-order valence-electron chi connectivity index (χ2n) is 9.84. The molecule has 0 heterocycles. The molecule has 0 radical (unpaired) electrons. The number of carbonyl (C=O) groups excluding carboxylic acids is 1. The van der Waals surface area contributed by atoms with E-state index in [1.807, 2.05) is 0 Å². The number of hydrogen-bond donors (Lipinski definition) is 2. The Morgan fingerprint density at radius 3 is 2.37 bits per heavy atom. The van der Waals surface area contributed by atoms with Gasteiger partial charge < -0.3 is 10.5 Å². The first kappa shape index (κ1) is 19.6. The zero-order valence-electron chi connectivity index (χ0n) is 16.2. The first-order valence-corrected chi connectivity index (χ1v) is 12.1. The van der Waals surface area contributed by atoms with Crippen LogP contribution in [0.5, 0.6) is 0 Å². The van der Waals surface area contributed by atoms with Crippen LogP contribution in [0.25, 0.3) is 0 Å². The maximum atomic E-state index is 13.1. The highest BCUT2D eigenvalue weighted by atomic mass is 32.2. The largest absolute Gasteiger partial charge is 0.462 e. The topological polar surface area (TPSA) is 107 Å². The fourth-order valence-electron chi connectivity index (χ4n) is 6.92. The van der Waals surface area contributed by atoms with Crippen LogP contribution in [0.4, 0.5) is 0 Å². The monoisotopic (exact) mass is 399 g/mol. The summed E-state index contributed by atoms with van der Waals surface area (Å²) in [7, 11) is -4.11. The molecule has 5 aliphatic rings. The van der Waals surface area contributed by atoms with Gasteiger partial charge in [0.1, 0.15) is 6.10 Å². The molecular weight excluding hydrogens is 366 g/mol. The van der Waals surface area contributed by atoms with Gasteiger partial charge in [-0.15, -0.1) is 0 Å². The van der Waals surface area contributed by atoms with Gasteiger partial charge in [0.15, 0.2) is 0 Å². The Bertz CT molecular complexity index is 676. The summed E-state index contributed by atoms with van der Waals surface area (Å²) in [5, 5.41) is -0.839. The highest BCUT2D eigenvalue weighted by molar-refractivity contribution is 7.86. The lowest BCUT2D eigenvalue weighted by atomic mass is 9.52. The predicted octanol–water partition coefficient (Wildman–Crippen LogP) is 2.91. The second kappa shape index (κ2) is 6.99. The summed E-state index contributed by atoms with van der Waals surface area (Å²) in [4.78, 5) is 13.1. The van der Waals surface area contributed by atoms with Gasteiger partial charge in [-0.3, -0.25) is 9.35 Å². The van der Waals surface area contributed by atoms with Gasteiger partial charge in [0, 0.05) is 5.54 Å². The van der Waals surface area contributed by atoms with E-state index in [1.54, 1.807) is 0 Å². The third-order valence-corrected chi connectivity index (χ3v) is 9.09. The molecule has 3 N–H and O–H groups in total. The number of rotatable bonds is 5. The molecule has 0 aromatic heterocycles. The molecule has 5 fully saturated rings. The maximum Gasteiger partial charge on any atom is 0.309 e. The van der Waals surface area contributed by atoms with Crippen LogP contribution in [-0.4, -0.2) is 35.8 Å². The van der Waals surface area contributed by atoms with Gasteiger partial charge in [0.05, 0.1) is 11.2 Å². The average molecular weight is 400 g/mol. The van der Waals surface area contributed by atoms with Gasteiger partial charge in [0.2, 0.25) is 0 Å². The normalized spacial score (nSPS) is 46.4. The standard InChI is InChI=1S/C20H33NO5S/c1-2-3-13-4-5-16(27(23,24)25)8-17(13)19(22)26-18-14-6-12-7-15(18)11-20(21,9-12)10-14/h12-18H,2-11,21H2,1H3,(H,23,24,25). The van der Waals surface area contributed by atoms with Crippen LogP contribution in [0, 0.1) is 29.6 Å². The molecule has 7 heteroatoms. The van der Waals surface area contributed by atoms with Gasteiger partial charge in [-0.25, -0.2) is 0 Å². The van der Waals surface area contributed by atoms with E-state index in [-0.39, 0.29) is 30.0 Å². The third-order valence-electron chi connectivity index (χ3n) is 7.82. The van der Waals surface area contributed by atoms with E-state index in [4.69, 9.17) is 10.5 Å². The summed E-state index contributed by atoms with van der Waals surface area (Å²) in [6.07, 6.45) is 8.26. The highest BCUT2D eigenvalue weighted by Gasteiger charge is 2.55. The van der Waals surface area contributed by atoms with E-state index in [9.17, 15) is 17.8 Å². The zero-order chi connectivity index (χ0) is 19.4. The van der Waals surface area contributed by atoms with Crippen molar-refractivity contribution in [1.82, 2.24) is 0 Å². The molecule has 154 valence electrons. The van der Waals surface area contributed by atoms with Gasteiger partial charge in [0.25, 0.3) is 10.1 Å². The van der Waals surface area contributed by atoms with Crippen molar-refractivity contribution in [2.24, 2.45) is 35.3 Å². The predicted molar refractivity (Wildman–Crippen MR) is 101 cm³/mol. The van der Waals surface area contributed by atoms with E-state index >= 15 is 0 Å². The molecule has 6 nitrogen and oxygen atoms in total. The Morgan fingerprint density at radius 1 is 1.15 bits per heavy atom. The summed E-state index contributed by atoms with van der Waals surface area (Å²) in [5.41, 5.74) is 6.48. The summed E-state index contributed by atoms with van der Waals surface area (Å²) >= 11 is 0. The Balaban J connectivity index is 1.47. The van der Waals surface area contributed by atoms with E-state index in [1.165, 1.54) is 0 Å². The maximum absolute atomic E-state index is 13.1. The van der Waals surface area contributed by atoms with Crippen molar-refractivity contribution in [3.63, 3.8) is 0 Å². The Morgan fingerprint density at radius 2 is 1.81 bits per heavy atom. The Labute approximate surface area is 162 Å². The average Bonchev–Trinajstić information content (AvgIpc) is 2.56. The first-order chi connectivity index (χ1) is 12.7. The number of carbonyl (C=O) groups is 1. The van der Waals surface area contributed by atoms with E-state index in [0.717, 1.165) is 44.9 Å². The minimum atomic E-state index is -4.11. The van der Waals surface area contributed by atoms with Crippen LogP contribution in [0.1, 0.15) is 71.1 Å². The van der Waals surface area contributed by atoms with E-state index in [2.05, 4.69) is 6.92 Å². The fourth-order valence-corrected chi connectivity index (χ4v) is 7.81. The number of nitrogens with two attached hydrogens (primary N) is 1. The van der Waals surface area contributed by atoms with Crippen LogP contribution >= 0.6 is 0 Å². The molecule has 5 rings (SSSR count). The van der Waals surface area contributed by atoms with Crippen molar-refractivity contribution < 1.29 is 22.5 Å². The molecule has 27 heavy (non-hydrogen) atoms. The quantitative estimate of drug-likeness (QED) is 0.544. The van der Waals surface area contributed by atoms with Crippen LogP contribution in [-0.2, 0) is 19.6 Å². The van der Waals surface area contributed by atoms with E-state index in [0.29, 0.717) is 30.6 Å². The van der Waals surface area contributed by atoms with Crippen molar-refractivity contribution in [3.05, 3.63) is 0 Å². The first-order valence-electron chi connectivity index (χ1n) is 10.6. The number of esters is 1. The number of ether oxygens (including phenoxy) is 1. The van der Waals surface area contributed by atoms with Crippen molar-refractivity contribution in [3.8, 4) is 0 Å². The lowest BCUT2D eigenvalue weighted by Crippen LogP contribution is -2.61. The molecule has 4 bridgehead atoms. The lowest BCUT2D eigenvalue weighted by molar-refractivity contribution is -0.180. The van der Waals surface area contributed by atoms with Crippen LogP contribution in [0.3, 0.4) is 0 Å². The molecule has 5 aliphatic carbocycles. The highest BCUT2D eigenvalue weighted by Crippen LogP contribution is 2.56. The smallest absolute Gasteiger partial charge is 0.309 e. The Kier molecular flexibility index (Phi) is 5.09. The minimum Gasteiger partial charge on any atom is -0.462 e. The van der Waals surface area contributed by atoms with E-state index < -0.39 is 21.3 Å². The van der Waals surface area contributed by atoms with Crippen molar-refractivity contribution >= 4 is 16.1 Å². The van der Waals surface area contributed by atoms with Crippen molar-refractivity contribution in [2.45, 2.75) is 88.0 Å². The lowest BCUT2D eigenvalue weighted by Gasteiger charge is -2.58. The summed E-state index contributed by atoms with van der Waals surface area (Å²) in [6, 6.07) is 0. The molecule has 5 saturated carbocycles. The molecule has 5 atom stereocenters. The zero-order valence-corrected chi connectivity index (χ0v) is 17.0. The molecule has 5 unspecified atom stereocenters. The molecule has 0 aliphatic heterocycles. The van der Waals surface area contributed by atoms with Crippen LogP contribution < -0.4 is 5.73 Å². The molecule has 0 aromatic carbocycles. The van der Waals surface area contributed by atoms with Gasteiger partial charge >= 0.3 is 5.97 Å². The van der Waals surface area contributed by atoms with Gasteiger partial charge in [-0.2, -0.15) is 8.42 Å². The fraction of sp³-hybridized carbons (Fsp3) is 0.950. The van der Waals surface area contributed by atoms with Crippen LogP contribution in [0.15, 0.2) is 0 Å². The molecule has 0 aromatic rings. The SMILES string of the molecule is CCCC1CCC(S(=O)(=O)O)CC1C(=O)OC1C2CC3CC1CC(N)(C3)C2. The molecule has 0 spiro atoms. The molecule has 0 amide bonds.